The number of hydrogen-bond donors (Lipinski definition) is 0. The van der Waals surface area contributed by atoms with Gasteiger partial charge in [0.2, 0.25) is 6.42 Å². The average molecular weight is 347 g/mol. The number of benzene rings is 1. The van der Waals surface area contributed by atoms with E-state index in [9.17, 15) is 0 Å². The lowest BCUT2D eigenvalue weighted by Gasteiger charge is -2.32. The Hall–Kier alpha value is -1.16. The Morgan fingerprint density at radius 1 is 1.09 bits per heavy atom. The number of hydrogen-bond acceptors (Lipinski definition) is 4. The van der Waals surface area contributed by atoms with Crippen molar-refractivity contribution in [2.45, 2.75) is 32.1 Å². The van der Waals surface area contributed by atoms with Crippen molar-refractivity contribution in [1.29, 1.82) is 0 Å². The largest absolute Gasteiger partial charge is 0.374 e. The van der Waals surface area contributed by atoms with Crippen LogP contribution in [0.15, 0.2) is 46.4 Å². The second-order valence-electron chi connectivity index (χ2n) is 6.22. The second-order valence-corrected chi connectivity index (χ2v) is 9.93. The summed E-state index contributed by atoms with van der Waals surface area (Å²) in [6.45, 7) is 2.30. The van der Waals surface area contributed by atoms with Gasteiger partial charge in [0.25, 0.3) is 0 Å². The van der Waals surface area contributed by atoms with Gasteiger partial charge in [-0.2, -0.15) is 5.10 Å². The lowest BCUT2D eigenvalue weighted by molar-refractivity contribution is 0.400. The number of para-hydroxylation sites is 1. The zero-order valence-electron chi connectivity index (χ0n) is 13.4. The molecule has 0 amide bonds. The van der Waals surface area contributed by atoms with Crippen LogP contribution in [-0.2, 0) is 16.3 Å². The molecule has 4 rings (SSSR count). The Bertz CT molecular complexity index is 710. The molecule has 0 bridgehead atoms. The summed E-state index contributed by atoms with van der Waals surface area (Å²) in [5, 5.41) is 6.15. The SMILES string of the molecule is COP1(=S)C2=C(N3CCCC3)CCCC2=NN1c1ccccc1. The van der Waals surface area contributed by atoms with Crippen LogP contribution in [0.2, 0.25) is 0 Å². The molecule has 1 fully saturated rings. The smallest absolute Gasteiger partial charge is 0.209 e. The van der Waals surface area contributed by atoms with Gasteiger partial charge >= 0.3 is 0 Å². The van der Waals surface area contributed by atoms with Crippen LogP contribution in [0.25, 0.3) is 0 Å². The third kappa shape index (κ3) is 2.46. The average Bonchev–Trinajstić information content (AvgIpc) is 3.23. The molecule has 1 unspecified atom stereocenters. The van der Waals surface area contributed by atoms with Crippen molar-refractivity contribution in [2.24, 2.45) is 5.10 Å². The predicted molar refractivity (Wildman–Crippen MR) is 99.3 cm³/mol. The van der Waals surface area contributed by atoms with Gasteiger partial charge in [0.1, 0.15) is 0 Å². The number of anilines is 1. The molecule has 6 heteroatoms. The number of likely N-dealkylation sites (tertiary alicyclic amines) is 1. The molecule has 2 heterocycles. The Labute approximate surface area is 143 Å². The molecule has 0 saturated carbocycles. The maximum Gasteiger partial charge on any atom is 0.209 e. The maximum atomic E-state index is 6.10. The molecule has 1 aliphatic carbocycles. The molecule has 0 spiro atoms. The van der Waals surface area contributed by atoms with E-state index in [0.29, 0.717) is 0 Å². The minimum Gasteiger partial charge on any atom is -0.374 e. The molecule has 0 aromatic heterocycles. The molecule has 3 aliphatic rings. The first-order chi connectivity index (χ1) is 11.2. The van der Waals surface area contributed by atoms with E-state index >= 15 is 0 Å². The molecule has 0 radical (unpaired) electrons. The monoisotopic (exact) mass is 347 g/mol. The summed E-state index contributed by atoms with van der Waals surface area (Å²) < 4.78 is 7.97. The summed E-state index contributed by atoms with van der Waals surface area (Å²) in [6, 6.07) is 10.2. The minimum absolute atomic E-state index is 1.01. The fourth-order valence-electron chi connectivity index (χ4n) is 3.75. The van der Waals surface area contributed by atoms with Crippen LogP contribution in [0.3, 0.4) is 0 Å². The van der Waals surface area contributed by atoms with Crippen molar-refractivity contribution in [3.63, 3.8) is 0 Å². The van der Waals surface area contributed by atoms with Gasteiger partial charge in [0.15, 0.2) is 0 Å². The Balaban J connectivity index is 1.84. The highest BCUT2D eigenvalue weighted by Gasteiger charge is 2.44. The zero-order chi connectivity index (χ0) is 15.9. The summed E-state index contributed by atoms with van der Waals surface area (Å²) in [5.74, 6) is 0. The van der Waals surface area contributed by atoms with Crippen molar-refractivity contribution in [1.82, 2.24) is 4.90 Å². The van der Waals surface area contributed by atoms with Crippen molar-refractivity contribution in [3.8, 4) is 0 Å². The van der Waals surface area contributed by atoms with Gasteiger partial charge in [-0.15, -0.1) is 0 Å². The third-order valence-electron chi connectivity index (χ3n) is 4.84. The summed E-state index contributed by atoms with van der Waals surface area (Å²) in [4.78, 5) is 2.53. The van der Waals surface area contributed by atoms with Crippen LogP contribution in [0.5, 0.6) is 0 Å². The molecule has 1 aromatic carbocycles. The van der Waals surface area contributed by atoms with E-state index in [0.717, 1.165) is 43.8 Å². The van der Waals surface area contributed by atoms with Crippen molar-refractivity contribution in [2.75, 3.05) is 25.0 Å². The first kappa shape index (κ1) is 15.4. The molecule has 1 saturated heterocycles. The molecule has 1 atom stereocenters. The van der Waals surface area contributed by atoms with E-state index in [1.165, 1.54) is 23.9 Å². The Morgan fingerprint density at radius 2 is 1.83 bits per heavy atom. The van der Waals surface area contributed by atoms with Crippen molar-refractivity contribution >= 4 is 29.6 Å². The van der Waals surface area contributed by atoms with Gasteiger partial charge in [-0.25, -0.2) is 4.78 Å². The van der Waals surface area contributed by atoms with E-state index in [2.05, 4.69) is 17.0 Å². The van der Waals surface area contributed by atoms with E-state index in [1.807, 2.05) is 23.0 Å². The first-order valence-corrected chi connectivity index (χ1v) is 11.0. The molecule has 23 heavy (non-hydrogen) atoms. The van der Waals surface area contributed by atoms with E-state index in [1.54, 1.807) is 7.11 Å². The quantitative estimate of drug-likeness (QED) is 0.762. The number of allylic oxidation sites excluding steroid dienone is 2. The standard InChI is InChI=1S/C17H22N3OPS/c1-21-22(23)17-15(18-20(22)14-8-3-2-4-9-14)10-7-11-16(17)19-12-5-6-13-19/h2-4,8-9H,5-7,10-13H2,1H3. The zero-order valence-corrected chi connectivity index (χ0v) is 15.2. The summed E-state index contributed by atoms with van der Waals surface area (Å²) in [6.07, 6.45) is 3.52. The second kappa shape index (κ2) is 6.04. The van der Waals surface area contributed by atoms with Crippen molar-refractivity contribution < 1.29 is 4.52 Å². The van der Waals surface area contributed by atoms with Gasteiger partial charge < -0.3 is 9.42 Å². The molecule has 122 valence electrons. The summed E-state index contributed by atoms with van der Waals surface area (Å²) >= 11 is 6.10. The van der Waals surface area contributed by atoms with Crippen molar-refractivity contribution in [3.05, 3.63) is 41.3 Å². The van der Waals surface area contributed by atoms with Gasteiger partial charge in [0, 0.05) is 25.9 Å². The maximum absolute atomic E-state index is 6.10. The van der Waals surface area contributed by atoms with Crippen LogP contribution in [0, 0.1) is 0 Å². The fraction of sp³-hybridized carbons (Fsp3) is 0.471. The molecule has 0 N–H and O–H groups in total. The fourth-order valence-corrected chi connectivity index (χ4v) is 7.03. The molecular weight excluding hydrogens is 325 g/mol. The van der Waals surface area contributed by atoms with Gasteiger partial charge in [-0.1, -0.05) is 18.2 Å². The van der Waals surface area contributed by atoms with Gasteiger partial charge in [-0.3, -0.25) is 0 Å². The highest BCUT2D eigenvalue weighted by Crippen LogP contribution is 2.66. The van der Waals surface area contributed by atoms with E-state index in [4.69, 9.17) is 21.4 Å². The van der Waals surface area contributed by atoms with Crippen LogP contribution >= 0.6 is 6.42 Å². The lowest BCUT2D eigenvalue weighted by Crippen LogP contribution is -2.25. The molecule has 1 aromatic rings. The molecular formula is C17H22N3OPS. The predicted octanol–water partition coefficient (Wildman–Crippen LogP) is 4.31. The number of hydrazone groups is 1. The summed E-state index contributed by atoms with van der Waals surface area (Å²) in [7, 11) is 1.75. The van der Waals surface area contributed by atoms with Crippen LogP contribution in [-0.4, -0.2) is 30.8 Å². The topological polar surface area (TPSA) is 28.1 Å². The van der Waals surface area contributed by atoms with Gasteiger partial charge in [0.05, 0.1) is 16.7 Å². The number of fused-ring (bicyclic) bond motifs is 1. The Morgan fingerprint density at radius 3 is 2.52 bits per heavy atom. The normalized spacial score (nSPS) is 27.4. The number of rotatable bonds is 3. The van der Waals surface area contributed by atoms with Crippen LogP contribution in [0.1, 0.15) is 32.1 Å². The summed E-state index contributed by atoms with van der Waals surface area (Å²) in [5.41, 5.74) is 3.61. The van der Waals surface area contributed by atoms with Crippen LogP contribution in [0.4, 0.5) is 5.69 Å². The minimum atomic E-state index is -2.32. The number of nitrogens with zero attached hydrogens (tertiary/aromatic N) is 3. The lowest BCUT2D eigenvalue weighted by atomic mass is 10.0. The third-order valence-corrected chi connectivity index (χ3v) is 8.70. The molecule has 4 nitrogen and oxygen atoms in total. The Kier molecular flexibility index (Phi) is 4.04. The first-order valence-electron chi connectivity index (χ1n) is 8.32. The van der Waals surface area contributed by atoms with Crippen LogP contribution < -0.4 is 4.78 Å². The van der Waals surface area contributed by atoms with E-state index in [-0.39, 0.29) is 0 Å². The van der Waals surface area contributed by atoms with Gasteiger partial charge in [-0.05, 0) is 56.0 Å². The highest BCUT2D eigenvalue weighted by molar-refractivity contribution is 8.15. The van der Waals surface area contributed by atoms with E-state index < -0.39 is 6.42 Å². The highest BCUT2D eigenvalue weighted by atomic mass is 32.4. The molecule has 2 aliphatic heterocycles.